The lowest BCUT2D eigenvalue weighted by Gasteiger charge is -2.08. The minimum absolute atomic E-state index is 0.0379. The Morgan fingerprint density at radius 1 is 0.875 bits per heavy atom. The fourth-order valence-electron chi connectivity index (χ4n) is 3.70. The van der Waals surface area contributed by atoms with E-state index in [1.807, 2.05) is 38.1 Å². The zero-order valence-corrected chi connectivity index (χ0v) is 18.1. The maximum absolute atomic E-state index is 12.5. The molecule has 4 rings (SSSR count). The number of nitrogens with one attached hydrogen (secondary N) is 2. The van der Waals surface area contributed by atoms with Crippen molar-refractivity contribution in [1.82, 2.24) is 5.43 Å². The van der Waals surface area contributed by atoms with Crippen molar-refractivity contribution in [2.75, 3.05) is 5.32 Å². The number of carbonyl (C=O) groups is 2. The Hall–Kier alpha value is -3.99. The van der Waals surface area contributed by atoms with E-state index in [-0.39, 0.29) is 17.7 Å². The van der Waals surface area contributed by atoms with E-state index in [9.17, 15) is 9.59 Å². The summed E-state index contributed by atoms with van der Waals surface area (Å²) in [6, 6.07) is 25.2. The third-order valence-electron chi connectivity index (χ3n) is 5.20. The van der Waals surface area contributed by atoms with Gasteiger partial charge in [0.05, 0.1) is 6.21 Å². The van der Waals surface area contributed by atoms with Crippen LogP contribution in [0.3, 0.4) is 0 Å². The van der Waals surface area contributed by atoms with Gasteiger partial charge in [-0.3, -0.25) is 9.59 Å². The first-order valence-corrected chi connectivity index (χ1v) is 10.6. The molecule has 2 amide bonds. The number of fused-ring (bicyclic) bond motifs is 2. The predicted molar refractivity (Wildman–Crippen MR) is 131 cm³/mol. The summed E-state index contributed by atoms with van der Waals surface area (Å²) in [5.41, 5.74) is 4.70. The molecule has 4 aromatic rings. The third-order valence-corrected chi connectivity index (χ3v) is 5.20. The zero-order chi connectivity index (χ0) is 22.5. The van der Waals surface area contributed by atoms with E-state index in [1.165, 1.54) is 0 Å². The van der Waals surface area contributed by atoms with Crippen LogP contribution in [0.2, 0.25) is 0 Å². The fourth-order valence-corrected chi connectivity index (χ4v) is 3.70. The number of hydrogen-bond acceptors (Lipinski definition) is 3. The predicted octanol–water partition coefficient (Wildman–Crippen LogP) is 5.74. The summed E-state index contributed by atoms with van der Waals surface area (Å²) in [7, 11) is 0. The second-order valence-electron chi connectivity index (χ2n) is 8.16. The minimum atomic E-state index is -0.314. The molecule has 0 saturated heterocycles. The average Bonchev–Trinajstić information content (AvgIpc) is 2.78. The number of hydrogen-bond donors (Lipinski definition) is 2. The highest BCUT2D eigenvalue weighted by Gasteiger charge is 2.09. The molecule has 32 heavy (non-hydrogen) atoms. The SMILES string of the molecule is CC(C)CC(=O)Nc1ccc(C(=O)N/N=C/c2c3ccccc3cc3ccccc23)cc1. The Kier molecular flexibility index (Phi) is 6.26. The van der Waals surface area contributed by atoms with Gasteiger partial charge in [0, 0.05) is 23.2 Å². The van der Waals surface area contributed by atoms with E-state index in [2.05, 4.69) is 46.2 Å². The highest BCUT2D eigenvalue weighted by atomic mass is 16.2. The van der Waals surface area contributed by atoms with E-state index in [4.69, 9.17) is 0 Å². The molecule has 0 unspecified atom stereocenters. The number of amides is 2. The van der Waals surface area contributed by atoms with Crippen LogP contribution in [-0.4, -0.2) is 18.0 Å². The maximum Gasteiger partial charge on any atom is 0.271 e. The number of nitrogens with zero attached hydrogens (tertiary/aromatic N) is 1. The molecule has 2 N–H and O–H groups in total. The molecule has 0 aliphatic heterocycles. The minimum Gasteiger partial charge on any atom is -0.326 e. The van der Waals surface area contributed by atoms with E-state index in [1.54, 1.807) is 30.5 Å². The van der Waals surface area contributed by atoms with Crippen molar-refractivity contribution < 1.29 is 9.59 Å². The zero-order valence-electron chi connectivity index (χ0n) is 18.1. The summed E-state index contributed by atoms with van der Waals surface area (Å²) in [4.78, 5) is 24.4. The highest BCUT2D eigenvalue weighted by molar-refractivity contribution is 6.13. The molecule has 0 atom stereocenters. The topological polar surface area (TPSA) is 70.6 Å². The molecule has 0 aliphatic rings. The Morgan fingerprint density at radius 2 is 1.47 bits per heavy atom. The lowest BCUT2D eigenvalue weighted by molar-refractivity contribution is -0.116. The van der Waals surface area contributed by atoms with Crippen LogP contribution in [-0.2, 0) is 4.79 Å². The first-order valence-electron chi connectivity index (χ1n) is 10.6. The van der Waals surface area contributed by atoms with Crippen LogP contribution in [0.4, 0.5) is 5.69 Å². The van der Waals surface area contributed by atoms with Crippen LogP contribution < -0.4 is 10.7 Å². The van der Waals surface area contributed by atoms with E-state index in [0.717, 1.165) is 27.1 Å². The summed E-state index contributed by atoms with van der Waals surface area (Å²) in [6.45, 7) is 3.99. The molecule has 4 aromatic carbocycles. The molecule has 5 nitrogen and oxygen atoms in total. The summed E-state index contributed by atoms with van der Waals surface area (Å²) in [5.74, 6) is -0.0632. The van der Waals surface area contributed by atoms with Crippen molar-refractivity contribution in [3.63, 3.8) is 0 Å². The molecule has 0 aromatic heterocycles. The molecule has 0 heterocycles. The highest BCUT2D eigenvalue weighted by Crippen LogP contribution is 2.27. The van der Waals surface area contributed by atoms with Gasteiger partial charge < -0.3 is 5.32 Å². The Morgan fingerprint density at radius 3 is 2.06 bits per heavy atom. The molecule has 0 spiro atoms. The summed E-state index contributed by atoms with van der Waals surface area (Å²) in [6.07, 6.45) is 2.16. The molecular formula is C27H25N3O2. The standard InChI is InChI=1S/C27H25N3O2/c1-18(2)15-26(31)29-22-13-11-19(12-14-22)27(32)30-28-17-25-23-9-5-3-7-20(23)16-21-8-4-6-10-24(21)25/h3-14,16-18H,15H2,1-2H3,(H,29,31)(H,30,32)/b28-17+. The van der Waals surface area contributed by atoms with Gasteiger partial charge in [0.2, 0.25) is 5.91 Å². The number of anilines is 1. The van der Waals surface area contributed by atoms with Gasteiger partial charge in [-0.05, 0) is 57.8 Å². The quantitative estimate of drug-likeness (QED) is 0.236. The molecule has 5 heteroatoms. The number of carbonyl (C=O) groups excluding carboxylic acids is 2. The summed E-state index contributed by atoms with van der Waals surface area (Å²) < 4.78 is 0. The van der Waals surface area contributed by atoms with Gasteiger partial charge in [-0.2, -0.15) is 5.10 Å². The maximum atomic E-state index is 12.5. The van der Waals surface area contributed by atoms with Crippen LogP contribution in [0.5, 0.6) is 0 Å². The van der Waals surface area contributed by atoms with Gasteiger partial charge in [0.1, 0.15) is 0 Å². The van der Waals surface area contributed by atoms with Gasteiger partial charge in [0.15, 0.2) is 0 Å². The van der Waals surface area contributed by atoms with Crippen molar-refractivity contribution in [3.05, 3.63) is 90.0 Å². The normalized spacial score (nSPS) is 11.3. The Labute approximate surface area is 187 Å². The van der Waals surface area contributed by atoms with Crippen LogP contribution in [0.25, 0.3) is 21.5 Å². The molecule has 0 radical (unpaired) electrons. The number of hydrazone groups is 1. The molecule has 0 aliphatic carbocycles. The smallest absolute Gasteiger partial charge is 0.271 e. The molecule has 160 valence electrons. The molecule has 0 fully saturated rings. The number of rotatable bonds is 6. The molecule has 0 bridgehead atoms. The van der Waals surface area contributed by atoms with Gasteiger partial charge in [-0.25, -0.2) is 5.43 Å². The largest absolute Gasteiger partial charge is 0.326 e. The van der Waals surface area contributed by atoms with Gasteiger partial charge in [0.25, 0.3) is 5.91 Å². The van der Waals surface area contributed by atoms with Crippen molar-refractivity contribution in [2.24, 2.45) is 11.0 Å². The van der Waals surface area contributed by atoms with Crippen LogP contribution in [0.1, 0.15) is 36.2 Å². The van der Waals surface area contributed by atoms with E-state index >= 15 is 0 Å². The van der Waals surface area contributed by atoms with Gasteiger partial charge >= 0.3 is 0 Å². The van der Waals surface area contributed by atoms with Crippen molar-refractivity contribution in [2.45, 2.75) is 20.3 Å². The lowest BCUT2D eigenvalue weighted by Crippen LogP contribution is -2.18. The molecule has 0 saturated carbocycles. The van der Waals surface area contributed by atoms with Gasteiger partial charge in [-0.1, -0.05) is 62.4 Å². The second kappa shape index (κ2) is 9.43. The Bertz CT molecular complexity index is 1250. The van der Waals surface area contributed by atoms with Crippen molar-refractivity contribution >= 4 is 45.3 Å². The van der Waals surface area contributed by atoms with Crippen LogP contribution in [0.15, 0.2) is 84.0 Å². The van der Waals surface area contributed by atoms with E-state index in [0.29, 0.717) is 17.7 Å². The summed E-state index contributed by atoms with van der Waals surface area (Å²) >= 11 is 0. The third kappa shape index (κ3) is 4.83. The fraction of sp³-hybridized carbons (Fsp3) is 0.148. The van der Waals surface area contributed by atoms with Crippen LogP contribution >= 0.6 is 0 Å². The van der Waals surface area contributed by atoms with Crippen LogP contribution in [0, 0.1) is 5.92 Å². The lowest BCUT2D eigenvalue weighted by atomic mass is 9.97. The first-order chi connectivity index (χ1) is 15.5. The first kappa shape index (κ1) is 21.2. The molecular weight excluding hydrogens is 398 g/mol. The van der Waals surface area contributed by atoms with Gasteiger partial charge in [-0.15, -0.1) is 0 Å². The van der Waals surface area contributed by atoms with Crippen molar-refractivity contribution in [3.8, 4) is 0 Å². The van der Waals surface area contributed by atoms with E-state index < -0.39 is 0 Å². The van der Waals surface area contributed by atoms with Crippen molar-refractivity contribution in [1.29, 1.82) is 0 Å². The average molecular weight is 424 g/mol. The monoisotopic (exact) mass is 423 g/mol. The Balaban J connectivity index is 1.50. The second-order valence-corrected chi connectivity index (χ2v) is 8.16. The number of benzene rings is 4. The summed E-state index contributed by atoms with van der Waals surface area (Å²) in [5, 5.41) is 11.5.